The fourth-order valence-corrected chi connectivity index (χ4v) is 4.18. The van der Waals surface area contributed by atoms with Gasteiger partial charge in [0.25, 0.3) is 0 Å². The zero-order chi connectivity index (χ0) is 24.5. The van der Waals surface area contributed by atoms with Crippen LogP contribution in [0.15, 0.2) is 78.9 Å². The van der Waals surface area contributed by atoms with Crippen LogP contribution in [-0.2, 0) is 33.5 Å². The Morgan fingerprint density at radius 1 is 0.771 bits per heavy atom. The number of rotatable bonds is 12. The lowest BCUT2D eigenvalue weighted by Crippen LogP contribution is -2.15. The molecular formula is C30H32O5. The van der Waals surface area contributed by atoms with Gasteiger partial charge >= 0.3 is 5.97 Å². The van der Waals surface area contributed by atoms with Crippen LogP contribution in [0.1, 0.15) is 23.6 Å². The third kappa shape index (κ3) is 6.31. The van der Waals surface area contributed by atoms with Gasteiger partial charge in [0.05, 0.1) is 19.8 Å². The summed E-state index contributed by atoms with van der Waals surface area (Å²) in [6.07, 6.45) is 6.87. The van der Waals surface area contributed by atoms with E-state index in [4.69, 9.17) is 18.9 Å². The molecule has 0 atom stereocenters. The molecule has 0 saturated carbocycles. The quantitative estimate of drug-likeness (QED) is 0.148. The van der Waals surface area contributed by atoms with Crippen LogP contribution >= 0.6 is 0 Å². The molecule has 1 aliphatic carbocycles. The van der Waals surface area contributed by atoms with Crippen molar-refractivity contribution in [3.63, 3.8) is 0 Å². The molecule has 0 saturated heterocycles. The van der Waals surface area contributed by atoms with Gasteiger partial charge in [0.1, 0.15) is 24.7 Å². The van der Waals surface area contributed by atoms with E-state index < -0.39 is 5.97 Å². The molecule has 0 fully saturated rings. The smallest absolute Gasteiger partial charge is 0.333 e. The highest BCUT2D eigenvalue weighted by atomic mass is 16.6. The maximum atomic E-state index is 11.4. The van der Waals surface area contributed by atoms with Crippen LogP contribution in [0.3, 0.4) is 0 Å². The molecule has 35 heavy (non-hydrogen) atoms. The normalized spacial score (nSPS) is 12.3. The second-order valence-corrected chi connectivity index (χ2v) is 8.50. The Hall–Kier alpha value is -3.57. The maximum absolute atomic E-state index is 11.4. The molecule has 5 nitrogen and oxygen atoms in total. The second kappa shape index (κ2) is 12.2. The first kappa shape index (κ1) is 24.6. The van der Waals surface area contributed by atoms with Crippen LogP contribution in [0.2, 0.25) is 0 Å². The third-order valence-electron chi connectivity index (χ3n) is 5.90. The summed E-state index contributed by atoms with van der Waals surface area (Å²) in [6, 6.07) is 18.7. The summed E-state index contributed by atoms with van der Waals surface area (Å²) in [6.45, 7) is 7.13. The highest BCUT2D eigenvalue weighted by Gasteiger charge is 2.22. The Kier molecular flexibility index (Phi) is 8.58. The minimum atomic E-state index is -0.401. The predicted molar refractivity (Wildman–Crippen MR) is 138 cm³/mol. The Morgan fingerprint density at radius 3 is 1.97 bits per heavy atom. The van der Waals surface area contributed by atoms with Crippen molar-refractivity contribution in [2.75, 3.05) is 33.0 Å². The molecule has 0 spiro atoms. The zero-order valence-electron chi connectivity index (χ0n) is 20.3. The second-order valence-electron chi connectivity index (χ2n) is 8.50. The van der Waals surface area contributed by atoms with E-state index in [-0.39, 0.29) is 6.61 Å². The molecular weight excluding hydrogens is 440 g/mol. The number of fused-ring (bicyclic) bond motifs is 2. The SMILES string of the molecule is C=C(C)C(=O)OCCOCCOc1c2c(c(OCCc3ccccc3)c3ccccc13)CC=CC2. The van der Waals surface area contributed by atoms with Crippen molar-refractivity contribution in [3.8, 4) is 11.5 Å². The van der Waals surface area contributed by atoms with Gasteiger partial charge in [0.15, 0.2) is 0 Å². The number of esters is 1. The van der Waals surface area contributed by atoms with Crippen molar-refractivity contribution in [3.05, 3.63) is 95.6 Å². The van der Waals surface area contributed by atoms with Crippen molar-refractivity contribution in [2.24, 2.45) is 0 Å². The summed E-state index contributed by atoms with van der Waals surface area (Å²) in [5, 5.41) is 2.11. The van der Waals surface area contributed by atoms with Crippen LogP contribution < -0.4 is 9.47 Å². The Bertz CT molecular complexity index is 1200. The van der Waals surface area contributed by atoms with Gasteiger partial charge in [-0.3, -0.25) is 0 Å². The van der Waals surface area contributed by atoms with E-state index in [1.165, 1.54) is 16.7 Å². The third-order valence-corrected chi connectivity index (χ3v) is 5.90. The van der Waals surface area contributed by atoms with E-state index in [0.29, 0.717) is 32.0 Å². The summed E-state index contributed by atoms with van der Waals surface area (Å²) < 4.78 is 23.3. The molecule has 0 N–H and O–H groups in total. The maximum Gasteiger partial charge on any atom is 0.333 e. The van der Waals surface area contributed by atoms with Crippen LogP contribution in [0, 0.1) is 0 Å². The lowest BCUT2D eigenvalue weighted by molar-refractivity contribution is -0.140. The molecule has 0 unspecified atom stereocenters. The molecule has 0 amide bonds. The lowest BCUT2D eigenvalue weighted by Gasteiger charge is -2.23. The van der Waals surface area contributed by atoms with E-state index >= 15 is 0 Å². The minimum absolute atomic E-state index is 0.198. The molecule has 4 rings (SSSR count). The molecule has 0 radical (unpaired) electrons. The first-order valence-electron chi connectivity index (χ1n) is 12.1. The average Bonchev–Trinajstić information content (AvgIpc) is 2.89. The molecule has 3 aromatic rings. The average molecular weight is 473 g/mol. The highest BCUT2D eigenvalue weighted by molar-refractivity contribution is 5.96. The molecule has 1 aliphatic rings. The standard InChI is InChI=1S/C30H32O5/c1-22(2)30(31)35-21-19-32-18-20-34-29-26-14-8-6-12-24(26)28(25-13-7-9-15-27(25)29)33-17-16-23-10-4-3-5-11-23/h3-12,14H,1,13,15-21H2,2H3. The van der Waals surface area contributed by atoms with Gasteiger partial charge in [-0.05, 0) is 25.3 Å². The number of hydrogen-bond acceptors (Lipinski definition) is 5. The van der Waals surface area contributed by atoms with Crippen molar-refractivity contribution in [2.45, 2.75) is 26.2 Å². The highest BCUT2D eigenvalue weighted by Crippen LogP contribution is 2.43. The number of allylic oxidation sites excluding steroid dienone is 2. The number of benzene rings is 3. The fourth-order valence-electron chi connectivity index (χ4n) is 4.18. The number of ether oxygens (including phenoxy) is 4. The lowest BCUT2D eigenvalue weighted by atomic mass is 9.90. The van der Waals surface area contributed by atoms with Gasteiger partial charge in [-0.1, -0.05) is 73.3 Å². The van der Waals surface area contributed by atoms with E-state index in [1.54, 1.807) is 6.92 Å². The van der Waals surface area contributed by atoms with Gasteiger partial charge in [-0.25, -0.2) is 4.79 Å². The topological polar surface area (TPSA) is 54.0 Å². The number of carbonyl (C=O) groups is 1. The largest absolute Gasteiger partial charge is 0.492 e. The Balaban J connectivity index is 1.44. The fraction of sp³-hybridized carbons (Fsp3) is 0.300. The van der Waals surface area contributed by atoms with E-state index in [0.717, 1.165) is 41.5 Å². The van der Waals surface area contributed by atoms with Gasteiger partial charge in [0.2, 0.25) is 0 Å². The molecule has 0 heterocycles. The predicted octanol–water partition coefficient (Wildman–Crippen LogP) is 5.63. The molecule has 0 aliphatic heterocycles. The van der Waals surface area contributed by atoms with E-state index in [9.17, 15) is 4.79 Å². The summed E-state index contributed by atoms with van der Waals surface area (Å²) in [4.78, 5) is 11.4. The van der Waals surface area contributed by atoms with Crippen molar-refractivity contribution in [1.82, 2.24) is 0 Å². The monoisotopic (exact) mass is 472 g/mol. The minimum Gasteiger partial charge on any atom is -0.492 e. The zero-order valence-corrected chi connectivity index (χ0v) is 20.3. The summed E-state index contributed by atoms with van der Waals surface area (Å²) in [5.74, 6) is 1.45. The molecule has 3 aromatic carbocycles. The van der Waals surface area contributed by atoms with Crippen LogP contribution in [0.4, 0.5) is 0 Å². The van der Waals surface area contributed by atoms with Crippen molar-refractivity contribution >= 4 is 16.7 Å². The van der Waals surface area contributed by atoms with E-state index in [2.05, 4.69) is 55.1 Å². The first-order valence-corrected chi connectivity index (χ1v) is 12.1. The number of carbonyl (C=O) groups excluding carboxylic acids is 1. The number of hydrogen-bond donors (Lipinski definition) is 0. The van der Waals surface area contributed by atoms with Gasteiger partial charge in [-0.2, -0.15) is 0 Å². The van der Waals surface area contributed by atoms with Gasteiger partial charge in [-0.15, -0.1) is 0 Å². The molecule has 5 heteroatoms. The van der Waals surface area contributed by atoms with Gasteiger partial charge < -0.3 is 18.9 Å². The summed E-state index contributed by atoms with van der Waals surface area (Å²) in [7, 11) is 0. The Labute approximate surface area is 207 Å². The van der Waals surface area contributed by atoms with E-state index in [1.807, 2.05) is 18.2 Å². The van der Waals surface area contributed by atoms with Crippen LogP contribution in [-0.4, -0.2) is 39.0 Å². The van der Waals surface area contributed by atoms with Crippen LogP contribution in [0.25, 0.3) is 10.8 Å². The molecule has 0 aromatic heterocycles. The Morgan fingerprint density at radius 2 is 1.34 bits per heavy atom. The summed E-state index contributed by atoms with van der Waals surface area (Å²) in [5.41, 5.74) is 4.02. The first-order chi connectivity index (χ1) is 17.1. The summed E-state index contributed by atoms with van der Waals surface area (Å²) >= 11 is 0. The van der Waals surface area contributed by atoms with Crippen LogP contribution in [0.5, 0.6) is 11.5 Å². The van der Waals surface area contributed by atoms with Crippen molar-refractivity contribution in [1.29, 1.82) is 0 Å². The molecule has 0 bridgehead atoms. The van der Waals surface area contributed by atoms with Crippen molar-refractivity contribution < 1.29 is 23.7 Å². The molecule has 182 valence electrons. The van der Waals surface area contributed by atoms with Gasteiger partial charge in [0, 0.05) is 33.9 Å².